The summed E-state index contributed by atoms with van der Waals surface area (Å²) < 4.78 is 4.65. The Labute approximate surface area is 108 Å². The molecule has 6 nitrogen and oxygen atoms in total. The largest absolute Gasteiger partial charge is 0.453 e. The number of ether oxygens (including phenoxy) is 1. The molecule has 1 unspecified atom stereocenters. The Bertz CT molecular complexity index is 317. The van der Waals surface area contributed by atoms with Crippen LogP contribution < -0.4 is 5.73 Å². The zero-order chi connectivity index (χ0) is 13.9. The maximum atomic E-state index is 12.2. The quantitative estimate of drug-likeness (QED) is 0.731. The van der Waals surface area contributed by atoms with Gasteiger partial charge in [-0.05, 0) is 5.41 Å². The van der Waals surface area contributed by atoms with Gasteiger partial charge in [0.05, 0.1) is 13.2 Å². The lowest BCUT2D eigenvalue weighted by Crippen LogP contribution is -2.56. The van der Waals surface area contributed by atoms with Crippen LogP contribution in [0.4, 0.5) is 4.79 Å². The number of carbonyl (C=O) groups is 2. The Morgan fingerprint density at radius 3 is 1.94 bits per heavy atom. The maximum Gasteiger partial charge on any atom is 0.409 e. The highest BCUT2D eigenvalue weighted by molar-refractivity contribution is 5.82. The van der Waals surface area contributed by atoms with E-state index in [9.17, 15) is 9.59 Å². The first kappa shape index (κ1) is 14.8. The molecule has 0 saturated carbocycles. The second kappa shape index (κ2) is 5.56. The minimum Gasteiger partial charge on any atom is -0.453 e. The fourth-order valence-electron chi connectivity index (χ4n) is 1.81. The minimum atomic E-state index is -0.512. The second-order valence-corrected chi connectivity index (χ2v) is 5.63. The molecule has 1 rings (SSSR count). The van der Waals surface area contributed by atoms with E-state index >= 15 is 0 Å². The van der Waals surface area contributed by atoms with Crippen molar-refractivity contribution in [3.05, 3.63) is 0 Å². The number of piperazine rings is 1. The highest BCUT2D eigenvalue weighted by atomic mass is 16.5. The maximum absolute atomic E-state index is 12.2. The Kier molecular flexibility index (Phi) is 4.56. The molecule has 0 aromatic heterocycles. The van der Waals surface area contributed by atoms with Gasteiger partial charge >= 0.3 is 6.09 Å². The summed E-state index contributed by atoms with van der Waals surface area (Å²) in [4.78, 5) is 26.8. The number of rotatable bonds is 1. The molecule has 1 atom stereocenters. The van der Waals surface area contributed by atoms with Gasteiger partial charge in [0.25, 0.3) is 0 Å². The summed E-state index contributed by atoms with van der Waals surface area (Å²) in [6.45, 7) is 7.85. The van der Waals surface area contributed by atoms with Crippen molar-refractivity contribution in [3.63, 3.8) is 0 Å². The molecule has 18 heavy (non-hydrogen) atoms. The third-order valence-electron chi connectivity index (χ3n) is 3.22. The van der Waals surface area contributed by atoms with Crippen LogP contribution in [0.25, 0.3) is 0 Å². The number of amides is 2. The first-order valence-corrected chi connectivity index (χ1v) is 6.14. The molecule has 104 valence electrons. The number of methoxy groups -OCH3 is 1. The zero-order valence-electron chi connectivity index (χ0n) is 11.6. The zero-order valence-corrected chi connectivity index (χ0v) is 11.6. The fourth-order valence-corrected chi connectivity index (χ4v) is 1.81. The van der Waals surface area contributed by atoms with E-state index in [1.807, 2.05) is 20.8 Å². The molecule has 2 N–H and O–H groups in total. The summed E-state index contributed by atoms with van der Waals surface area (Å²) in [5.74, 6) is -0.0491. The average molecular weight is 257 g/mol. The smallest absolute Gasteiger partial charge is 0.409 e. The summed E-state index contributed by atoms with van der Waals surface area (Å²) in [6, 6.07) is -0.512. The van der Waals surface area contributed by atoms with E-state index in [-0.39, 0.29) is 17.4 Å². The third-order valence-corrected chi connectivity index (χ3v) is 3.22. The van der Waals surface area contributed by atoms with Crippen LogP contribution in [0, 0.1) is 5.41 Å². The summed E-state index contributed by atoms with van der Waals surface area (Å²) in [7, 11) is 1.36. The van der Waals surface area contributed by atoms with Crippen LogP contribution in [0.3, 0.4) is 0 Å². The predicted molar refractivity (Wildman–Crippen MR) is 68.0 cm³/mol. The molecular weight excluding hydrogens is 234 g/mol. The van der Waals surface area contributed by atoms with Crippen LogP contribution in [-0.2, 0) is 9.53 Å². The first-order valence-electron chi connectivity index (χ1n) is 6.14. The van der Waals surface area contributed by atoms with E-state index in [1.54, 1.807) is 9.80 Å². The Morgan fingerprint density at radius 1 is 1.11 bits per heavy atom. The average Bonchev–Trinajstić information content (AvgIpc) is 2.35. The summed E-state index contributed by atoms with van der Waals surface area (Å²) in [6.07, 6.45) is -0.345. The Balaban J connectivity index is 2.53. The molecular formula is C12H23N3O3. The number of hydrogen-bond acceptors (Lipinski definition) is 4. The van der Waals surface area contributed by atoms with Crippen molar-refractivity contribution in [1.82, 2.24) is 9.80 Å². The molecule has 1 heterocycles. The minimum absolute atomic E-state index is 0.0491. The van der Waals surface area contributed by atoms with Crippen molar-refractivity contribution < 1.29 is 14.3 Å². The lowest BCUT2D eigenvalue weighted by Gasteiger charge is -2.37. The van der Waals surface area contributed by atoms with E-state index in [0.29, 0.717) is 26.2 Å². The van der Waals surface area contributed by atoms with Crippen LogP contribution in [0.2, 0.25) is 0 Å². The summed E-state index contributed by atoms with van der Waals surface area (Å²) in [5.41, 5.74) is 5.70. The Morgan fingerprint density at radius 2 is 1.56 bits per heavy atom. The molecule has 0 spiro atoms. The summed E-state index contributed by atoms with van der Waals surface area (Å²) in [5, 5.41) is 0. The molecule has 1 aliphatic rings. The molecule has 0 aromatic carbocycles. The van der Waals surface area contributed by atoms with Crippen LogP contribution in [0.5, 0.6) is 0 Å². The molecule has 1 saturated heterocycles. The third kappa shape index (κ3) is 3.35. The topological polar surface area (TPSA) is 75.9 Å². The standard InChI is InChI=1S/C12H23N3O3/c1-12(2,3)9(13)10(16)14-5-7-15(8-6-14)11(17)18-4/h9H,5-8,13H2,1-4H3. The van der Waals surface area contributed by atoms with Crippen molar-refractivity contribution in [3.8, 4) is 0 Å². The van der Waals surface area contributed by atoms with E-state index in [4.69, 9.17) is 5.73 Å². The van der Waals surface area contributed by atoms with Crippen molar-refractivity contribution in [1.29, 1.82) is 0 Å². The molecule has 6 heteroatoms. The molecule has 0 radical (unpaired) electrons. The number of carbonyl (C=O) groups excluding carboxylic acids is 2. The van der Waals surface area contributed by atoms with Crippen LogP contribution in [0.15, 0.2) is 0 Å². The monoisotopic (exact) mass is 257 g/mol. The highest BCUT2D eigenvalue weighted by Crippen LogP contribution is 2.19. The van der Waals surface area contributed by atoms with Gasteiger partial charge in [-0.1, -0.05) is 20.8 Å². The van der Waals surface area contributed by atoms with Gasteiger partial charge in [-0.2, -0.15) is 0 Å². The molecule has 1 fully saturated rings. The van der Waals surface area contributed by atoms with Gasteiger partial charge in [0, 0.05) is 26.2 Å². The highest BCUT2D eigenvalue weighted by Gasteiger charge is 2.33. The van der Waals surface area contributed by atoms with Crippen molar-refractivity contribution in [2.75, 3.05) is 33.3 Å². The van der Waals surface area contributed by atoms with Gasteiger partial charge in [0.1, 0.15) is 0 Å². The molecule has 2 amide bonds. The van der Waals surface area contributed by atoms with Gasteiger partial charge in [-0.15, -0.1) is 0 Å². The number of nitrogens with zero attached hydrogens (tertiary/aromatic N) is 2. The molecule has 0 aromatic rings. The SMILES string of the molecule is COC(=O)N1CCN(C(=O)C(N)C(C)(C)C)CC1. The van der Waals surface area contributed by atoms with Gasteiger partial charge < -0.3 is 20.3 Å². The van der Waals surface area contributed by atoms with Gasteiger partial charge in [-0.25, -0.2) is 4.79 Å². The van der Waals surface area contributed by atoms with E-state index in [0.717, 1.165) is 0 Å². The van der Waals surface area contributed by atoms with Crippen LogP contribution >= 0.6 is 0 Å². The molecule has 1 aliphatic heterocycles. The van der Waals surface area contributed by atoms with Crippen molar-refractivity contribution in [2.45, 2.75) is 26.8 Å². The van der Waals surface area contributed by atoms with Crippen molar-refractivity contribution >= 4 is 12.0 Å². The van der Waals surface area contributed by atoms with Crippen LogP contribution in [0.1, 0.15) is 20.8 Å². The van der Waals surface area contributed by atoms with E-state index < -0.39 is 6.04 Å². The Hall–Kier alpha value is -1.30. The number of nitrogens with two attached hydrogens (primary N) is 1. The van der Waals surface area contributed by atoms with E-state index in [1.165, 1.54) is 7.11 Å². The summed E-state index contributed by atoms with van der Waals surface area (Å²) >= 11 is 0. The first-order chi connectivity index (χ1) is 8.27. The van der Waals surface area contributed by atoms with Gasteiger partial charge in [0.15, 0.2) is 0 Å². The van der Waals surface area contributed by atoms with Gasteiger partial charge in [0.2, 0.25) is 5.91 Å². The fraction of sp³-hybridized carbons (Fsp3) is 0.833. The lowest BCUT2D eigenvalue weighted by molar-refractivity contribution is -0.136. The normalized spacial score (nSPS) is 18.5. The van der Waals surface area contributed by atoms with Crippen LogP contribution in [-0.4, -0.2) is 61.1 Å². The number of hydrogen-bond donors (Lipinski definition) is 1. The molecule has 0 bridgehead atoms. The second-order valence-electron chi connectivity index (χ2n) is 5.63. The molecule has 0 aliphatic carbocycles. The lowest BCUT2D eigenvalue weighted by atomic mass is 9.86. The van der Waals surface area contributed by atoms with Crippen molar-refractivity contribution in [2.24, 2.45) is 11.1 Å². The van der Waals surface area contributed by atoms with E-state index in [2.05, 4.69) is 4.74 Å². The predicted octanol–water partition coefficient (Wildman–Crippen LogP) is 0.270. The van der Waals surface area contributed by atoms with Gasteiger partial charge in [-0.3, -0.25) is 4.79 Å².